The number of carbonyl (C=O) groups excluding carboxylic acids is 2. The van der Waals surface area contributed by atoms with E-state index >= 15 is 0 Å². The Morgan fingerprint density at radius 3 is 2.58 bits per heavy atom. The van der Waals surface area contributed by atoms with E-state index in [9.17, 15) is 32.7 Å². The Balaban J connectivity index is 1.72. The number of aromatic nitrogens is 4. The van der Waals surface area contributed by atoms with Crippen molar-refractivity contribution in [2.45, 2.75) is 70.6 Å². The van der Waals surface area contributed by atoms with Gasteiger partial charge in [-0.25, -0.2) is 24.5 Å². The highest BCUT2D eigenvalue weighted by atomic mass is 19.4. The summed E-state index contributed by atoms with van der Waals surface area (Å²) < 4.78 is 58.1. The van der Waals surface area contributed by atoms with Gasteiger partial charge in [0, 0.05) is 20.7 Å². The molecule has 0 radical (unpaired) electrons. The smallest absolute Gasteiger partial charge is 0.465 e. The van der Waals surface area contributed by atoms with Crippen LogP contribution in [0.3, 0.4) is 0 Å². The molecule has 1 aliphatic rings. The molecule has 3 amide bonds. The molecule has 1 fully saturated rings. The molecule has 17 heteroatoms. The monoisotopic (exact) mass is 675 g/mol. The molecule has 0 aliphatic carbocycles. The average Bonchev–Trinajstić information content (AvgIpc) is 3.39. The fourth-order valence-corrected chi connectivity index (χ4v) is 4.67. The van der Waals surface area contributed by atoms with E-state index in [4.69, 9.17) is 14.2 Å². The van der Waals surface area contributed by atoms with Gasteiger partial charge in [0.15, 0.2) is 17.9 Å². The number of pyridine rings is 2. The zero-order valence-corrected chi connectivity index (χ0v) is 27.0. The molecule has 4 rings (SSSR count). The number of rotatable bonds is 8. The number of ether oxygens (including phenoxy) is 3. The Morgan fingerprint density at radius 2 is 1.94 bits per heavy atom. The maximum atomic E-state index is 13.3. The van der Waals surface area contributed by atoms with Gasteiger partial charge in [-0.05, 0) is 64.5 Å². The van der Waals surface area contributed by atoms with Gasteiger partial charge in [0.25, 0.3) is 0 Å². The van der Waals surface area contributed by atoms with Crippen LogP contribution in [0.5, 0.6) is 0 Å². The molecule has 14 nitrogen and oxygen atoms in total. The Kier molecular flexibility index (Phi) is 11.1. The minimum absolute atomic E-state index is 0.0157. The molecule has 258 valence electrons. The van der Waals surface area contributed by atoms with Crippen LogP contribution in [-0.2, 0) is 26.1 Å². The first-order valence-corrected chi connectivity index (χ1v) is 14.9. The van der Waals surface area contributed by atoms with E-state index in [1.807, 2.05) is 0 Å². The number of anilines is 2. The summed E-state index contributed by atoms with van der Waals surface area (Å²) >= 11 is 0. The number of carbonyl (C=O) groups is 3. The molecule has 0 saturated carbocycles. The highest BCUT2D eigenvalue weighted by Crippen LogP contribution is 2.31. The van der Waals surface area contributed by atoms with Crippen molar-refractivity contribution in [1.29, 1.82) is 0 Å². The molecular formula is C31H36F3N7O7. The Morgan fingerprint density at radius 1 is 1.19 bits per heavy atom. The number of carboxylic acid groups (broad SMARTS) is 1. The molecule has 48 heavy (non-hydrogen) atoms. The second kappa shape index (κ2) is 14.9. The van der Waals surface area contributed by atoms with Crippen molar-refractivity contribution >= 4 is 40.8 Å². The zero-order chi connectivity index (χ0) is 35.2. The first kappa shape index (κ1) is 35.9. The standard InChI is InChI=1S/C31H36F3N7O7/c1-30(2,3)48-28(43)37-21(14-16-47-22-11-6-7-15-46-22)20-10-8-9-18(36-20)12-13-19-24-23(35-17-40(24)4)26(41(5)29(44)45)38-25(19)39-27(42)31(32,33)34/h8-10,17,21-22H,6-7,11,14-16H2,1-5H3,(H,37,43)(H,44,45)(H,38,39,42)/t21-,22?/m0/s1. The Labute approximate surface area is 274 Å². The van der Waals surface area contributed by atoms with Crippen molar-refractivity contribution in [3.05, 3.63) is 41.5 Å². The summed E-state index contributed by atoms with van der Waals surface area (Å²) in [6, 6.07) is 4.16. The minimum atomic E-state index is -5.27. The van der Waals surface area contributed by atoms with Gasteiger partial charge in [-0.2, -0.15) is 13.2 Å². The van der Waals surface area contributed by atoms with Crippen LogP contribution in [0.2, 0.25) is 0 Å². The van der Waals surface area contributed by atoms with E-state index in [1.54, 1.807) is 44.3 Å². The number of aryl methyl sites for hydroxylation is 1. The van der Waals surface area contributed by atoms with Crippen molar-refractivity contribution in [3.8, 4) is 11.8 Å². The van der Waals surface area contributed by atoms with Gasteiger partial charge in [-0.1, -0.05) is 12.0 Å². The van der Waals surface area contributed by atoms with Gasteiger partial charge < -0.3 is 34.5 Å². The number of hydrogen-bond acceptors (Lipinski definition) is 9. The molecule has 3 aromatic rings. The second-order valence-electron chi connectivity index (χ2n) is 11.9. The van der Waals surface area contributed by atoms with Crippen LogP contribution in [0.1, 0.15) is 69.4 Å². The third kappa shape index (κ3) is 9.32. The highest BCUT2D eigenvalue weighted by Gasteiger charge is 2.40. The van der Waals surface area contributed by atoms with E-state index in [2.05, 4.69) is 32.1 Å². The van der Waals surface area contributed by atoms with Crippen LogP contribution in [-0.4, -0.2) is 81.0 Å². The van der Waals surface area contributed by atoms with Crippen molar-refractivity contribution < 1.29 is 46.9 Å². The largest absolute Gasteiger partial charge is 0.471 e. The van der Waals surface area contributed by atoms with Crippen LogP contribution in [0.4, 0.5) is 34.4 Å². The second-order valence-corrected chi connectivity index (χ2v) is 11.9. The summed E-state index contributed by atoms with van der Waals surface area (Å²) in [5.74, 6) is 2.24. The molecule has 2 atom stereocenters. The SMILES string of the molecule is CN(C(=O)O)c1nc(NC(=O)C(F)(F)F)c(C#Cc2cccc([C@H](CCOC3CCCCO3)NC(=O)OC(C)(C)C)n2)c2c1ncn2C. The van der Waals surface area contributed by atoms with Gasteiger partial charge >= 0.3 is 24.3 Å². The fourth-order valence-electron chi connectivity index (χ4n) is 4.67. The lowest BCUT2D eigenvalue weighted by Crippen LogP contribution is -2.36. The number of imidazole rings is 1. The molecule has 0 aromatic carbocycles. The van der Waals surface area contributed by atoms with Crippen LogP contribution >= 0.6 is 0 Å². The van der Waals surface area contributed by atoms with Crippen molar-refractivity contribution in [3.63, 3.8) is 0 Å². The first-order valence-electron chi connectivity index (χ1n) is 14.9. The molecule has 3 aromatic heterocycles. The lowest BCUT2D eigenvalue weighted by atomic mass is 10.1. The predicted molar refractivity (Wildman–Crippen MR) is 166 cm³/mol. The molecule has 0 bridgehead atoms. The third-order valence-corrected chi connectivity index (χ3v) is 6.92. The lowest BCUT2D eigenvalue weighted by molar-refractivity contribution is -0.167. The molecule has 1 unspecified atom stereocenters. The minimum Gasteiger partial charge on any atom is -0.465 e. The number of amides is 3. The van der Waals surface area contributed by atoms with Gasteiger partial charge in [-0.3, -0.25) is 9.69 Å². The van der Waals surface area contributed by atoms with Crippen molar-refractivity contribution in [2.24, 2.45) is 7.05 Å². The number of fused-ring (bicyclic) bond motifs is 1. The van der Waals surface area contributed by atoms with Crippen molar-refractivity contribution in [2.75, 3.05) is 30.5 Å². The highest BCUT2D eigenvalue weighted by molar-refractivity contribution is 6.03. The van der Waals surface area contributed by atoms with Crippen molar-refractivity contribution in [1.82, 2.24) is 24.8 Å². The maximum absolute atomic E-state index is 13.3. The number of nitrogens with zero attached hydrogens (tertiary/aromatic N) is 5. The quantitative estimate of drug-likeness (QED) is 0.280. The van der Waals surface area contributed by atoms with Crippen LogP contribution in [0.25, 0.3) is 11.0 Å². The molecule has 1 aliphatic heterocycles. The Hall–Kier alpha value is -4.95. The number of alkyl carbamates (subject to hydrolysis) is 1. The van der Waals surface area contributed by atoms with E-state index in [0.29, 0.717) is 23.6 Å². The normalized spacial score (nSPS) is 15.6. The lowest BCUT2D eigenvalue weighted by Gasteiger charge is -2.25. The average molecular weight is 676 g/mol. The molecular weight excluding hydrogens is 639 g/mol. The predicted octanol–water partition coefficient (Wildman–Crippen LogP) is 4.88. The third-order valence-electron chi connectivity index (χ3n) is 6.92. The summed E-state index contributed by atoms with van der Waals surface area (Å²) in [6.45, 7) is 6.02. The van der Waals surface area contributed by atoms with Gasteiger partial charge in [0.05, 0.1) is 35.8 Å². The Bertz CT molecular complexity index is 1720. The molecule has 0 spiro atoms. The summed E-state index contributed by atoms with van der Waals surface area (Å²) in [5.41, 5.74) is -0.241. The summed E-state index contributed by atoms with van der Waals surface area (Å²) in [5, 5.41) is 14.0. The van der Waals surface area contributed by atoms with Crippen LogP contribution in [0.15, 0.2) is 24.5 Å². The summed E-state index contributed by atoms with van der Waals surface area (Å²) in [4.78, 5) is 49.8. The van der Waals surface area contributed by atoms with E-state index in [-0.39, 0.29) is 41.0 Å². The van der Waals surface area contributed by atoms with E-state index in [1.165, 1.54) is 17.9 Å². The van der Waals surface area contributed by atoms with E-state index < -0.39 is 41.7 Å². The number of hydrogen-bond donors (Lipinski definition) is 3. The number of nitrogens with one attached hydrogen (secondary N) is 2. The number of alkyl halides is 3. The molecule has 1 saturated heterocycles. The summed E-state index contributed by atoms with van der Waals surface area (Å²) in [6.07, 6.45) is -3.47. The topological polar surface area (TPSA) is 170 Å². The number of halogens is 3. The zero-order valence-electron chi connectivity index (χ0n) is 27.0. The fraction of sp³-hybridized carbons (Fsp3) is 0.484. The van der Waals surface area contributed by atoms with Gasteiger partial charge in [0.1, 0.15) is 16.8 Å². The van der Waals surface area contributed by atoms with E-state index in [0.717, 1.165) is 26.3 Å². The molecule has 3 N–H and O–H groups in total. The van der Waals surface area contributed by atoms with Crippen LogP contribution < -0.4 is 15.5 Å². The first-order chi connectivity index (χ1) is 22.5. The van der Waals surface area contributed by atoms with Gasteiger partial charge in [-0.15, -0.1) is 0 Å². The maximum Gasteiger partial charge on any atom is 0.471 e. The summed E-state index contributed by atoms with van der Waals surface area (Å²) in [7, 11) is 2.65. The molecule has 4 heterocycles. The van der Waals surface area contributed by atoms with Gasteiger partial charge in [0.2, 0.25) is 0 Å². The van der Waals surface area contributed by atoms with Crippen LogP contribution in [0, 0.1) is 11.8 Å².